The summed E-state index contributed by atoms with van der Waals surface area (Å²) in [7, 11) is 0. The Hall–Kier alpha value is -3.37. The third kappa shape index (κ3) is 4.26. The number of piperazine rings is 1. The zero-order chi connectivity index (χ0) is 23.7. The predicted molar refractivity (Wildman–Crippen MR) is 127 cm³/mol. The van der Waals surface area contributed by atoms with Crippen LogP contribution in [0, 0.1) is 23.6 Å². The van der Waals surface area contributed by atoms with Crippen molar-refractivity contribution in [3.63, 3.8) is 0 Å². The summed E-state index contributed by atoms with van der Waals surface area (Å²) in [4.78, 5) is 28.7. The number of carbonyl (C=O) groups is 2. The minimum absolute atomic E-state index is 0.0788. The predicted octanol–water partition coefficient (Wildman–Crippen LogP) is 3.57. The maximum atomic E-state index is 14.0. The minimum atomic E-state index is -0.529. The summed E-state index contributed by atoms with van der Waals surface area (Å²) in [5, 5.41) is 12.5. The van der Waals surface area contributed by atoms with Crippen molar-refractivity contribution in [2.45, 2.75) is 43.7 Å². The van der Waals surface area contributed by atoms with Crippen molar-refractivity contribution in [1.82, 2.24) is 9.80 Å². The van der Waals surface area contributed by atoms with Gasteiger partial charge in [-0.3, -0.25) is 4.79 Å². The summed E-state index contributed by atoms with van der Waals surface area (Å²) in [6.45, 7) is 0.0731. The molecule has 6 nitrogen and oxygen atoms in total. The standard InChI is InChI=1S/C27H28FN3O3/c28-21-7-3-4-8-22(21)29-27(34)30-15-23-26(24(17-32)31(23)25(33)16-30)20-13-11-19(12-14-20)10-9-18-5-1-2-6-18/h3-4,7-8,11-14,18,23-24,26,32H,1-2,5-6,15-17H2,(H,29,34)/t23-,24-,26+/m0/s1. The molecule has 2 aromatic carbocycles. The quantitative estimate of drug-likeness (QED) is 0.687. The Morgan fingerprint density at radius 3 is 2.56 bits per heavy atom. The van der Waals surface area contributed by atoms with E-state index in [0.717, 1.165) is 11.1 Å². The third-order valence-corrected chi connectivity index (χ3v) is 7.23. The summed E-state index contributed by atoms with van der Waals surface area (Å²) < 4.78 is 14.0. The van der Waals surface area contributed by atoms with Crippen LogP contribution in [0.25, 0.3) is 0 Å². The zero-order valence-electron chi connectivity index (χ0n) is 18.9. The molecule has 5 rings (SSSR count). The van der Waals surface area contributed by atoms with Gasteiger partial charge in [-0.25, -0.2) is 9.18 Å². The van der Waals surface area contributed by atoms with Gasteiger partial charge in [-0.2, -0.15) is 0 Å². The number of urea groups is 1. The van der Waals surface area contributed by atoms with E-state index in [1.165, 1.54) is 42.7 Å². The molecule has 0 unspecified atom stereocenters. The smallest absolute Gasteiger partial charge is 0.322 e. The maximum Gasteiger partial charge on any atom is 0.322 e. The van der Waals surface area contributed by atoms with Gasteiger partial charge in [-0.15, -0.1) is 0 Å². The Bertz CT molecular complexity index is 1130. The Kier molecular flexibility index (Phi) is 6.25. The Morgan fingerprint density at radius 2 is 1.85 bits per heavy atom. The monoisotopic (exact) mass is 461 g/mol. The van der Waals surface area contributed by atoms with Gasteiger partial charge in [-0.05, 0) is 42.7 Å². The van der Waals surface area contributed by atoms with Crippen molar-refractivity contribution in [1.29, 1.82) is 0 Å². The fraction of sp³-hybridized carbons (Fsp3) is 0.407. The molecule has 3 atom stereocenters. The molecule has 0 spiro atoms. The van der Waals surface area contributed by atoms with Crippen molar-refractivity contribution < 1.29 is 19.1 Å². The lowest BCUT2D eigenvalue weighted by molar-refractivity contribution is -0.159. The molecule has 2 N–H and O–H groups in total. The lowest BCUT2D eigenvalue weighted by Gasteiger charge is -2.58. The van der Waals surface area contributed by atoms with Crippen LogP contribution < -0.4 is 5.32 Å². The molecule has 0 aromatic heterocycles. The van der Waals surface area contributed by atoms with E-state index in [1.807, 2.05) is 24.3 Å². The lowest BCUT2D eigenvalue weighted by Crippen LogP contribution is -2.73. The molecule has 7 heteroatoms. The zero-order valence-corrected chi connectivity index (χ0v) is 18.9. The molecule has 2 aromatic rings. The number of rotatable bonds is 3. The second-order valence-electron chi connectivity index (χ2n) is 9.31. The van der Waals surface area contributed by atoms with Crippen LogP contribution in [-0.2, 0) is 4.79 Å². The van der Waals surface area contributed by atoms with E-state index in [1.54, 1.807) is 17.0 Å². The van der Waals surface area contributed by atoms with E-state index in [2.05, 4.69) is 17.2 Å². The number of anilines is 1. The number of hydrogen-bond donors (Lipinski definition) is 2. The highest BCUT2D eigenvalue weighted by Crippen LogP contribution is 2.43. The van der Waals surface area contributed by atoms with Gasteiger partial charge >= 0.3 is 6.03 Å². The highest BCUT2D eigenvalue weighted by Gasteiger charge is 2.54. The first-order valence-electron chi connectivity index (χ1n) is 11.9. The lowest BCUT2D eigenvalue weighted by atomic mass is 9.73. The van der Waals surface area contributed by atoms with Gasteiger partial charge in [0.2, 0.25) is 5.91 Å². The van der Waals surface area contributed by atoms with Crippen LogP contribution in [-0.4, -0.2) is 58.6 Å². The number of amides is 3. The van der Waals surface area contributed by atoms with Gasteiger partial charge in [0.05, 0.1) is 24.4 Å². The number of hydrogen-bond acceptors (Lipinski definition) is 3. The molecule has 176 valence electrons. The number of nitrogens with one attached hydrogen (secondary N) is 1. The molecule has 2 aliphatic heterocycles. The van der Waals surface area contributed by atoms with E-state index < -0.39 is 11.8 Å². The average molecular weight is 462 g/mol. The number of aliphatic hydroxyl groups is 1. The number of nitrogens with zero attached hydrogens (tertiary/aromatic N) is 2. The van der Waals surface area contributed by atoms with Crippen LogP contribution in [0.15, 0.2) is 48.5 Å². The molecule has 3 aliphatic rings. The van der Waals surface area contributed by atoms with E-state index in [9.17, 15) is 19.1 Å². The largest absolute Gasteiger partial charge is 0.394 e. The molecule has 34 heavy (non-hydrogen) atoms. The Morgan fingerprint density at radius 1 is 1.12 bits per heavy atom. The number of fused-ring (bicyclic) bond motifs is 1. The van der Waals surface area contributed by atoms with Crippen molar-refractivity contribution in [3.05, 3.63) is 65.5 Å². The van der Waals surface area contributed by atoms with Crippen LogP contribution in [0.3, 0.4) is 0 Å². The number of halogens is 1. The molecule has 0 radical (unpaired) electrons. The van der Waals surface area contributed by atoms with Crippen LogP contribution in [0.5, 0.6) is 0 Å². The van der Waals surface area contributed by atoms with E-state index in [4.69, 9.17) is 0 Å². The second-order valence-corrected chi connectivity index (χ2v) is 9.31. The van der Waals surface area contributed by atoms with Crippen molar-refractivity contribution >= 4 is 17.6 Å². The SMILES string of the molecule is O=C(Nc1ccccc1F)N1CC(=O)N2[C@@H](CO)[C@H](c3ccc(C#CC4CCCC4)cc3)[C@@H]2C1. The Labute approximate surface area is 198 Å². The molecule has 2 heterocycles. The Balaban J connectivity index is 1.30. The van der Waals surface area contributed by atoms with E-state index in [-0.39, 0.29) is 42.7 Å². The molecular formula is C27H28FN3O3. The fourth-order valence-electron chi connectivity index (χ4n) is 5.46. The number of aliphatic hydroxyl groups excluding tert-OH is 1. The van der Waals surface area contributed by atoms with E-state index in [0.29, 0.717) is 12.5 Å². The van der Waals surface area contributed by atoms with Gasteiger partial charge in [0.25, 0.3) is 0 Å². The first-order chi connectivity index (χ1) is 16.5. The third-order valence-electron chi connectivity index (χ3n) is 7.23. The molecule has 0 bridgehead atoms. The molecule has 1 aliphatic carbocycles. The second kappa shape index (κ2) is 9.47. The molecular weight excluding hydrogens is 433 g/mol. The van der Waals surface area contributed by atoms with Gasteiger partial charge in [-0.1, -0.05) is 48.9 Å². The highest BCUT2D eigenvalue weighted by atomic mass is 19.1. The van der Waals surface area contributed by atoms with Gasteiger partial charge in [0.15, 0.2) is 0 Å². The maximum absolute atomic E-state index is 14.0. The average Bonchev–Trinajstić information content (AvgIpc) is 3.35. The number of benzene rings is 2. The normalized spacial score (nSPS) is 24.2. The molecule has 3 amide bonds. The highest BCUT2D eigenvalue weighted by molar-refractivity contribution is 5.94. The van der Waals surface area contributed by atoms with Crippen molar-refractivity contribution in [2.24, 2.45) is 5.92 Å². The van der Waals surface area contributed by atoms with Crippen LogP contribution in [0.4, 0.5) is 14.9 Å². The van der Waals surface area contributed by atoms with Gasteiger partial charge in [0.1, 0.15) is 12.4 Å². The van der Waals surface area contributed by atoms with Gasteiger partial charge < -0.3 is 20.2 Å². The first kappa shape index (κ1) is 22.4. The molecule has 2 saturated heterocycles. The summed E-state index contributed by atoms with van der Waals surface area (Å²) >= 11 is 0. The van der Waals surface area contributed by atoms with Crippen LogP contribution in [0.2, 0.25) is 0 Å². The van der Waals surface area contributed by atoms with Crippen molar-refractivity contribution in [2.75, 3.05) is 25.0 Å². The minimum Gasteiger partial charge on any atom is -0.394 e. The van der Waals surface area contributed by atoms with Crippen LogP contribution >= 0.6 is 0 Å². The summed E-state index contributed by atoms with van der Waals surface area (Å²) in [5.74, 6) is 6.30. The molecule has 3 fully saturated rings. The summed E-state index contributed by atoms with van der Waals surface area (Å²) in [5.41, 5.74) is 2.05. The fourth-order valence-corrected chi connectivity index (χ4v) is 5.46. The van der Waals surface area contributed by atoms with Gasteiger partial charge in [0, 0.05) is 23.9 Å². The number of para-hydroxylation sites is 1. The summed E-state index contributed by atoms with van der Waals surface area (Å²) in [6, 6.07) is 12.9. The van der Waals surface area contributed by atoms with Crippen molar-refractivity contribution in [3.8, 4) is 11.8 Å². The molecule has 1 saturated carbocycles. The van der Waals surface area contributed by atoms with E-state index >= 15 is 0 Å². The topological polar surface area (TPSA) is 72.9 Å². The number of carbonyl (C=O) groups excluding carboxylic acids is 2. The first-order valence-corrected chi connectivity index (χ1v) is 11.9. The van der Waals surface area contributed by atoms with Crippen LogP contribution in [0.1, 0.15) is 42.7 Å². The summed E-state index contributed by atoms with van der Waals surface area (Å²) in [6.07, 6.45) is 4.87.